The minimum Gasteiger partial charge on any atom is -0.406 e. The molecule has 1 aliphatic carbocycles. The normalized spacial score (nSPS) is 23.6. The summed E-state index contributed by atoms with van der Waals surface area (Å²) in [5.41, 5.74) is 0.103. The Bertz CT molecular complexity index is 1040. The second kappa shape index (κ2) is 7.59. The molecule has 0 unspecified atom stereocenters. The van der Waals surface area contributed by atoms with Crippen LogP contribution < -0.4 is 9.46 Å². The Labute approximate surface area is 171 Å². The Morgan fingerprint density at radius 2 is 1.80 bits per heavy atom. The zero-order valence-corrected chi connectivity index (χ0v) is 16.5. The Hall–Kier alpha value is -2.59. The highest BCUT2D eigenvalue weighted by Crippen LogP contribution is 2.39. The molecule has 4 rings (SSSR count). The average molecular weight is 440 g/mol. The van der Waals surface area contributed by atoms with Crippen LogP contribution in [-0.2, 0) is 10.0 Å². The summed E-state index contributed by atoms with van der Waals surface area (Å²) in [6.07, 6.45) is -3.73. The van der Waals surface area contributed by atoms with Gasteiger partial charge >= 0.3 is 6.36 Å². The summed E-state index contributed by atoms with van der Waals surface area (Å²) in [6, 6.07) is 12.6. The van der Waals surface area contributed by atoms with Crippen LogP contribution in [0.25, 0.3) is 0 Å². The van der Waals surface area contributed by atoms with Crippen molar-refractivity contribution < 1.29 is 31.1 Å². The monoisotopic (exact) mass is 440 g/mol. The molecule has 1 aliphatic heterocycles. The lowest BCUT2D eigenvalue weighted by molar-refractivity contribution is -0.274. The molecule has 2 bridgehead atoms. The van der Waals surface area contributed by atoms with Crippen molar-refractivity contribution in [3.8, 4) is 5.75 Å². The topological polar surface area (TPSA) is 75.7 Å². The molecule has 2 fully saturated rings. The molecule has 1 N–H and O–H groups in total. The van der Waals surface area contributed by atoms with Crippen molar-refractivity contribution in [3.63, 3.8) is 0 Å². The van der Waals surface area contributed by atoms with Gasteiger partial charge in [0.05, 0.1) is 4.90 Å². The van der Waals surface area contributed by atoms with Crippen molar-refractivity contribution in [1.82, 2.24) is 9.62 Å². The molecular formula is C20H19F3N2O4S. The van der Waals surface area contributed by atoms with Crippen LogP contribution in [0, 0.1) is 5.92 Å². The van der Waals surface area contributed by atoms with E-state index in [4.69, 9.17) is 0 Å². The van der Waals surface area contributed by atoms with Gasteiger partial charge < -0.3 is 9.64 Å². The van der Waals surface area contributed by atoms with Gasteiger partial charge in [0.1, 0.15) is 5.75 Å². The summed E-state index contributed by atoms with van der Waals surface area (Å²) >= 11 is 0. The van der Waals surface area contributed by atoms with Crippen LogP contribution in [0.2, 0.25) is 0 Å². The molecule has 30 heavy (non-hydrogen) atoms. The van der Waals surface area contributed by atoms with E-state index in [2.05, 4.69) is 9.46 Å². The second-order valence-electron chi connectivity index (χ2n) is 7.46. The van der Waals surface area contributed by atoms with E-state index in [1.807, 2.05) is 0 Å². The van der Waals surface area contributed by atoms with Crippen molar-refractivity contribution in [2.45, 2.75) is 36.2 Å². The third kappa shape index (κ3) is 4.29. The third-order valence-corrected chi connectivity index (χ3v) is 6.98. The van der Waals surface area contributed by atoms with E-state index >= 15 is 0 Å². The molecule has 10 heteroatoms. The number of hydrogen-bond donors (Lipinski definition) is 1. The van der Waals surface area contributed by atoms with Gasteiger partial charge in [-0.25, -0.2) is 13.1 Å². The molecule has 3 atom stereocenters. The molecule has 6 nitrogen and oxygen atoms in total. The van der Waals surface area contributed by atoms with Crippen LogP contribution >= 0.6 is 0 Å². The van der Waals surface area contributed by atoms with Crippen LogP contribution in [-0.4, -0.2) is 44.2 Å². The van der Waals surface area contributed by atoms with Crippen LogP contribution in [0.4, 0.5) is 13.2 Å². The number of carbonyl (C=O) groups excluding carboxylic acids is 1. The van der Waals surface area contributed by atoms with E-state index < -0.39 is 22.1 Å². The van der Waals surface area contributed by atoms with Crippen LogP contribution in [0.5, 0.6) is 5.75 Å². The van der Waals surface area contributed by atoms with E-state index in [0.717, 1.165) is 12.1 Å². The van der Waals surface area contributed by atoms with E-state index in [0.29, 0.717) is 19.4 Å². The molecule has 1 saturated carbocycles. The molecule has 1 heterocycles. The fourth-order valence-corrected chi connectivity index (χ4v) is 5.54. The van der Waals surface area contributed by atoms with Gasteiger partial charge in [-0.15, -0.1) is 13.2 Å². The molecule has 0 aromatic heterocycles. The zero-order valence-electron chi connectivity index (χ0n) is 15.7. The minimum absolute atomic E-state index is 0.0490. The Kier molecular flexibility index (Phi) is 5.23. The molecule has 2 aliphatic rings. The number of sulfonamides is 1. The van der Waals surface area contributed by atoms with Gasteiger partial charge in [0.25, 0.3) is 5.91 Å². The molecule has 2 aromatic carbocycles. The second-order valence-corrected chi connectivity index (χ2v) is 9.17. The van der Waals surface area contributed by atoms with E-state index in [1.54, 1.807) is 23.1 Å². The lowest BCUT2D eigenvalue weighted by atomic mass is 10.0. The van der Waals surface area contributed by atoms with Crippen LogP contribution in [0.3, 0.4) is 0 Å². The first-order valence-corrected chi connectivity index (χ1v) is 10.8. The summed E-state index contributed by atoms with van der Waals surface area (Å²) in [7, 11) is -3.66. The first-order chi connectivity index (χ1) is 14.1. The maximum Gasteiger partial charge on any atom is 0.573 e. The highest BCUT2D eigenvalue weighted by Gasteiger charge is 2.47. The third-order valence-electron chi connectivity index (χ3n) is 5.48. The average Bonchev–Trinajstić information content (AvgIpc) is 3.27. The number of rotatable bonds is 5. The highest BCUT2D eigenvalue weighted by atomic mass is 32.2. The molecule has 160 valence electrons. The number of hydrogen-bond acceptors (Lipinski definition) is 4. The van der Waals surface area contributed by atoms with Gasteiger partial charge in [0.2, 0.25) is 10.0 Å². The van der Waals surface area contributed by atoms with Gasteiger partial charge in [-0.2, -0.15) is 0 Å². The number of likely N-dealkylation sites (tertiary alicyclic amines) is 1. The first kappa shape index (κ1) is 20.7. The number of piperidine rings is 1. The van der Waals surface area contributed by atoms with Crippen molar-refractivity contribution in [3.05, 3.63) is 60.2 Å². The van der Waals surface area contributed by atoms with E-state index in [9.17, 15) is 26.4 Å². The maximum atomic E-state index is 12.8. The van der Waals surface area contributed by atoms with Crippen molar-refractivity contribution in [2.75, 3.05) is 6.54 Å². The molecular weight excluding hydrogens is 421 g/mol. The van der Waals surface area contributed by atoms with Gasteiger partial charge in [-0.1, -0.05) is 24.3 Å². The van der Waals surface area contributed by atoms with E-state index in [-0.39, 0.29) is 34.4 Å². The predicted octanol–water partition coefficient (Wildman–Crippen LogP) is 3.17. The van der Waals surface area contributed by atoms with Gasteiger partial charge in [-0.3, -0.25) is 4.79 Å². The Morgan fingerprint density at radius 3 is 2.43 bits per heavy atom. The quantitative estimate of drug-likeness (QED) is 0.775. The SMILES string of the molecule is O=C(c1cccc(OC(F)(F)F)c1)N1C[C@@H]2C[C@H]1C[C@@H]2NS(=O)(=O)c1ccccc1. The number of carbonyl (C=O) groups is 1. The predicted molar refractivity (Wildman–Crippen MR) is 101 cm³/mol. The summed E-state index contributed by atoms with van der Waals surface area (Å²) in [5, 5.41) is 0. The first-order valence-electron chi connectivity index (χ1n) is 9.36. The van der Waals surface area contributed by atoms with Gasteiger partial charge in [-0.05, 0) is 49.1 Å². The number of nitrogens with zero attached hydrogens (tertiary/aromatic N) is 1. The summed E-state index contributed by atoms with van der Waals surface area (Å²) in [4.78, 5) is 14.6. The Morgan fingerprint density at radius 1 is 1.07 bits per heavy atom. The van der Waals surface area contributed by atoms with Crippen LogP contribution in [0.1, 0.15) is 23.2 Å². The van der Waals surface area contributed by atoms with Crippen molar-refractivity contribution in [1.29, 1.82) is 0 Å². The lowest BCUT2D eigenvalue weighted by Crippen LogP contribution is -2.47. The van der Waals surface area contributed by atoms with Gasteiger partial charge in [0.15, 0.2) is 0 Å². The minimum atomic E-state index is -4.84. The summed E-state index contributed by atoms with van der Waals surface area (Å²) < 4.78 is 69.0. The highest BCUT2D eigenvalue weighted by molar-refractivity contribution is 7.89. The largest absolute Gasteiger partial charge is 0.573 e. The van der Waals surface area contributed by atoms with Crippen molar-refractivity contribution in [2.24, 2.45) is 5.92 Å². The number of ether oxygens (including phenoxy) is 1. The number of amides is 1. The fraction of sp³-hybridized carbons (Fsp3) is 0.350. The summed E-state index contributed by atoms with van der Waals surface area (Å²) in [5.74, 6) is -0.891. The number of nitrogens with one attached hydrogen (secondary N) is 1. The van der Waals surface area contributed by atoms with Gasteiger partial charge in [0, 0.05) is 24.2 Å². The molecule has 1 amide bonds. The number of alkyl halides is 3. The standard InChI is InChI=1S/C20H19F3N2O4S/c21-20(22,23)29-16-6-4-5-13(10-16)19(26)25-12-14-9-15(25)11-18(14)24-30(27,28)17-7-2-1-3-8-17/h1-8,10,14-15,18,24H,9,11-12H2/t14-,15-,18-/m0/s1. The van der Waals surface area contributed by atoms with Crippen LogP contribution in [0.15, 0.2) is 59.5 Å². The molecule has 0 radical (unpaired) electrons. The maximum absolute atomic E-state index is 12.8. The molecule has 0 spiro atoms. The van der Waals surface area contributed by atoms with Crippen molar-refractivity contribution >= 4 is 15.9 Å². The van der Waals surface area contributed by atoms with E-state index in [1.165, 1.54) is 24.3 Å². The zero-order chi connectivity index (χ0) is 21.5. The molecule has 2 aromatic rings. The number of fused-ring (bicyclic) bond motifs is 2. The number of halogens is 3. The lowest BCUT2D eigenvalue weighted by Gasteiger charge is -2.32. The smallest absolute Gasteiger partial charge is 0.406 e. The Balaban J connectivity index is 1.42. The summed E-state index contributed by atoms with van der Waals surface area (Å²) in [6.45, 7) is 0.343. The fourth-order valence-electron chi connectivity index (χ4n) is 4.21. The number of benzene rings is 2. The molecule has 1 saturated heterocycles.